The van der Waals surface area contributed by atoms with Crippen LogP contribution in [0.2, 0.25) is 0 Å². The van der Waals surface area contributed by atoms with Crippen LogP contribution in [0.25, 0.3) is 17.1 Å². The zero-order chi connectivity index (χ0) is 28.4. The van der Waals surface area contributed by atoms with Crippen LogP contribution in [0.4, 0.5) is 0 Å². The molecule has 0 saturated carbocycles. The van der Waals surface area contributed by atoms with Gasteiger partial charge in [-0.15, -0.1) is 0 Å². The Labute approximate surface area is 237 Å². The minimum atomic E-state index is -0.370. The van der Waals surface area contributed by atoms with Crippen LogP contribution in [0.1, 0.15) is 27.8 Å². The van der Waals surface area contributed by atoms with Crippen molar-refractivity contribution in [2.45, 2.75) is 39.3 Å². The van der Waals surface area contributed by atoms with Crippen LogP contribution in [-0.2, 0) is 11.2 Å². The number of benzene rings is 3. The lowest BCUT2D eigenvalue weighted by Gasteiger charge is -2.16. The summed E-state index contributed by atoms with van der Waals surface area (Å²) in [6.45, 7) is 8.01. The normalized spacial score (nSPS) is 11.7. The number of aryl methyl sites for hydroxylation is 4. The van der Waals surface area contributed by atoms with Gasteiger partial charge in [-0.25, -0.2) is 13.9 Å². The van der Waals surface area contributed by atoms with Gasteiger partial charge in [0.15, 0.2) is 5.16 Å². The molecule has 2 aromatic heterocycles. The molecule has 0 atom stereocenters. The Bertz CT molecular complexity index is 1860. The van der Waals surface area contributed by atoms with Gasteiger partial charge in [-0.05, 0) is 92.6 Å². The van der Waals surface area contributed by atoms with Crippen molar-refractivity contribution in [3.8, 4) is 17.1 Å². The summed E-state index contributed by atoms with van der Waals surface area (Å²) in [6.07, 6.45) is 6.07. The maximum absolute atomic E-state index is 14.2. The van der Waals surface area contributed by atoms with Gasteiger partial charge in [-0.2, -0.15) is 9.98 Å². The molecule has 202 valence electrons. The Morgan fingerprint density at radius 3 is 2.23 bits per heavy atom. The topological polar surface area (TPSA) is 74.2 Å². The largest absolute Gasteiger partial charge is 0.342 e. The lowest BCUT2D eigenvalue weighted by molar-refractivity contribution is -0.117. The average molecular weight is 550 g/mol. The summed E-state index contributed by atoms with van der Waals surface area (Å²) in [5, 5.41) is 0.444. The average Bonchev–Trinajstić information content (AvgIpc) is 3.34. The number of aromatic nitrogens is 4. The van der Waals surface area contributed by atoms with Crippen molar-refractivity contribution in [2.75, 3.05) is 6.26 Å². The predicted octanol–water partition coefficient (Wildman–Crippen LogP) is 5.44. The molecule has 0 saturated heterocycles. The Kier molecular flexibility index (Phi) is 7.71. The van der Waals surface area contributed by atoms with E-state index in [-0.39, 0.29) is 23.6 Å². The highest BCUT2D eigenvalue weighted by atomic mass is 32.2. The first-order valence-corrected chi connectivity index (χ1v) is 14.2. The van der Waals surface area contributed by atoms with E-state index in [1.807, 2.05) is 100.0 Å². The summed E-state index contributed by atoms with van der Waals surface area (Å²) in [5.41, 5.74) is 7.11. The van der Waals surface area contributed by atoms with Gasteiger partial charge in [0, 0.05) is 18.1 Å². The zero-order valence-electron chi connectivity index (χ0n) is 23.3. The molecule has 5 rings (SSSR count). The van der Waals surface area contributed by atoms with Gasteiger partial charge in [-0.1, -0.05) is 53.7 Å². The van der Waals surface area contributed by atoms with E-state index < -0.39 is 0 Å². The molecule has 8 heteroatoms. The van der Waals surface area contributed by atoms with Crippen LogP contribution < -0.4 is 11.3 Å². The van der Waals surface area contributed by atoms with E-state index in [1.165, 1.54) is 21.9 Å². The molecule has 0 aliphatic heterocycles. The number of thioether (sulfide) groups is 1. The molecule has 0 bridgehead atoms. The second-order valence-electron chi connectivity index (χ2n) is 9.93. The third-order valence-electron chi connectivity index (χ3n) is 6.63. The van der Waals surface area contributed by atoms with Gasteiger partial charge in [0.1, 0.15) is 0 Å². The first-order chi connectivity index (χ1) is 19.2. The molecule has 3 aromatic carbocycles. The molecule has 0 radical (unpaired) electrons. The van der Waals surface area contributed by atoms with E-state index in [1.54, 1.807) is 4.57 Å². The quantitative estimate of drug-likeness (QED) is 0.265. The minimum Gasteiger partial charge on any atom is -0.323 e. The van der Waals surface area contributed by atoms with Crippen LogP contribution in [0.15, 0.2) is 100 Å². The second kappa shape index (κ2) is 11.4. The Morgan fingerprint density at radius 1 is 0.850 bits per heavy atom. The molecule has 2 heterocycles. The van der Waals surface area contributed by atoms with E-state index in [4.69, 9.17) is 4.98 Å². The maximum Gasteiger partial charge on any atom is 0.342 e. The fourth-order valence-electron chi connectivity index (χ4n) is 4.75. The highest BCUT2D eigenvalue weighted by molar-refractivity contribution is 7.98. The number of carbonyl (C=O) groups is 1. The fourth-order valence-corrected chi connectivity index (χ4v) is 5.29. The molecule has 0 unspecified atom stereocenters. The van der Waals surface area contributed by atoms with Crippen molar-refractivity contribution in [1.29, 1.82) is 0 Å². The highest BCUT2D eigenvalue weighted by Gasteiger charge is 2.17. The summed E-state index contributed by atoms with van der Waals surface area (Å²) in [6, 6.07) is 23.3. The smallest absolute Gasteiger partial charge is 0.323 e. The van der Waals surface area contributed by atoms with Crippen molar-refractivity contribution in [2.24, 2.45) is 4.99 Å². The van der Waals surface area contributed by atoms with E-state index in [9.17, 15) is 9.59 Å². The number of amides is 1. The molecule has 7 nitrogen and oxygen atoms in total. The van der Waals surface area contributed by atoms with Crippen LogP contribution >= 0.6 is 11.8 Å². The zero-order valence-corrected chi connectivity index (χ0v) is 24.1. The van der Waals surface area contributed by atoms with Gasteiger partial charge in [0.25, 0.3) is 5.91 Å². The number of nitrogens with zero attached hydrogens (tertiary/aromatic N) is 5. The van der Waals surface area contributed by atoms with E-state index in [2.05, 4.69) is 28.7 Å². The first kappa shape index (κ1) is 27.1. The van der Waals surface area contributed by atoms with E-state index in [0.29, 0.717) is 16.5 Å². The minimum absolute atomic E-state index is 0.0602. The monoisotopic (exact) mass is 549 g/mol. The summed E-state index contributed by atoms with van der Waals surface area (Å²) in [5.74, 6) is -0.370. The number of rotatable bonds is 6. The van der Waals surface area contributed by atoms with Crippen molar-refractivity contribution in [1.82, 2.24) is 18.7 Å². The molecular formula is C32H31N5O2S. The number of hydrogen-bond donors (Lipinski definition) is 0. The summed E-state index contributed by atoms with van der Waals surface area (Å²) in [7, 11) is 0. The predicted molar refractivity (Wildman–Crippen MR) is 160 cm³/mol. The highest BCUT2D eigenvalue weighted by Crippen LogP contribution is 2.21. The molecule has 0 aliphatic rings. The fraction of sp³-hybridized carbons (Fsp3) is 0.188. The van der Waals surface area contributed by atoms with Gasteiger partial charge in [0.05, 0.1) is 17.8 Å². The van der Waals surface area contributed by atoms with Gasteiger partial charge in [-0.3, -0.25) is 4.79 Å². The molecule has 0 spiro atoms. The van der Waals surface area contributed by atoms with Crippen molar-refractivity contribution in [3.05, 3.63) is 129 Å². The van der Waals surface area contributed by atoms with Crippen LogP contribution in [0.3, 0.4) is 0 Å². The standard InChI is InChI=1S/C32H31N5O2S/c1-21-8-6-10-25(16-21)19-29(38)33-30-34-31(40-5)37(32(39)36(30)26-11-7-9-22(2)17-26)27-12-13-28(24(4)18-27)35-15-14-23(3)20-35/h6-18,20H,19H2,1-5H3. The van der Waals surface area contributed by atoms with Crippen LogP contribution in [0.5, 0.6) is 0 Å². The van der Waals surface area contributed by atoms with E-state index in [0.717, 1.165) is 27.9 Å². The summed E-state index contributed by atoms with van der Waals surface area (Å²) >= 11 is 1.33. The van der Waals surface area contributed by atoms with Crippen molar-refractivity contribution in [3.63, 3.8) is 0 Å². The lowest BCUT2D eigenvalue weighted by atomic mass is 10.1. The van der Waals surface area contributed by atoms with Gasteiger partial charge in [0.2, 0.25) is 5.62 Å². The molecular weight excluding hydrogens is 518 g/mol. The second-order valence-corrected chi connectivity index (χ2v) is 10.7. The molecule has 0 aliphatic carbocycles. The third-order valence-corrected chi connectivity index (χ3v) is 7.27. The first-order valence-electron chi connectivity index (χ1n) is 13.0. The number of hydrogen-bond acceptors (Lipinski definition) is 4. The molecule has 1 amide bonds. The van der Waals surface area contributed by atoms with Crippen LogP contribution in [0, 0.1) is 27.7 Å². The lowest BCUT2D eigenvalue weighted by Crippen LogP contribution is -2.42. The van der Waals surface area contributed by atoms with Crippen molar-refractivity contribution < 1.29 is 4.79 Å². The molecule has 40 heavy (non-hydrogen) atoms. The molecule has 0 fully saturated rings. The molecule has 5 aromatic rings. The number of carbonyl (C=O) groups excluding carboxylic acids is 1. The SMILES string of the molecule is CSc1nc(=NC(=O)Cc2cccc(C)c2)n(-c2cccc(C)c2)c(=O)n1-c1ccc(-n2ccc(C)c2)c(C)c1. The van der Waals surface area contributed by atoms with Gasteiger partial charge >= 0.3 is 5.69 Å². The Balaban J connectivity index is 1.69. The van der Waals surface area contributed by atoms with E-state index >= 15 is 0 Å². The molecule has 0 N–H and O–H groups in total. The Morgan fingerprint density at radius 2 is 1.57 bits per heavy atom. The van der Waals surface area contributed by atoms with Crippen molar-refractivity contribution >= 4 is 17.7 Å². The summed E-state index contributed by atoms with van der Waals surface area (Å²) in [4.78, 5) is 36.4. The summed E-state index contributed by atoms with van der Waals surface area (Å²) < 4.78 is 5.06. The third kappa shape index (κ3) is 5.62. The maximum atomic E-state index is 14.2. The van der Waals surface area contributed by atoms with Gasteiger partial charge < -0.3 is 4.57 Å². The van der Waals surface area contributed by atoms with Crippen LogP contribution in [-0.4, -0.2) is 30.8 Å². The Hall–Kier alpha value is -4.43.